The Morgan fingerprint density at radius 1 is 1.40 bits per heavy atom. The van der Waals surface area contributed by atoms with Gasteiger partial charge in [0.2, 0.25) is 0 Å². The monoisotopic (exact) mass is 214 g/mol. The van der Waals surface area contributed by atoms with Gasteiger partial charge in [-0.05, 0) is 12.1 Å². The fourth-order valence-electron chi connectivity index (χ4n) is 1.03. The average molecular weight is 214 g/mol. The first-order valence-electron chi connectivity index (χ1n) is 3.82. The zero-order valence-corrected chi connectivity index (χ0v) is 7.65. The molecule has 5 nitrogen and oxygen atoms in total. The second-order valence-corrected chi connectivity index (χ2v) is 2.61. The Labute approximate surface area is 83.7 Å². The van der Waals surface area contributed by atoms with Crippen LogP contribution in [-0.2, 0) is 4.79 Å². The van der Waals surface area contributed by atoms with Crippen LogP contribution in [0.15, 0.2) is 12.1 Å². The van der Waals surface area contributed by atoms with E-state index >= 15 is 0 Å². The summed E-state index contributed by atoms with van der Waals surface area (Å²) in [6.07, 6.45) is 0. The minimum Gasteiger partial charge on any atom is -0.504 e. The molecule has 0 heterocycles. The highest BCUT2D eigenvalue weighted by atomic mass is 19.1. The number of phenols is 1. The van der Waals surface area contributed by atoms with E-state index in [0.29, 0.717) is 0 Å². The molecule has 0 atom stereocenters. The molecule has 1 aromatic rings. The predicted molar refractivity (Wildman–Crippen MR) is 46.6 cm³/mol. The third-order valence-corrected chi connectivity index (χ3v) is 1.72. The van der Waals surface area contributed by atoms with E-state index in [2.05, 4.69) is 4.74 Å². The smallest absolute Gasteiger partial charge is 0.377 e. The third-order valence-electron chi connectivity index (χ3n) is 1.72. The Kier molecular flexibility index (Phi) is 2.89. The van der Waals surface area contributed by atoms with Crippen LogP contribution < -0.4 is 4.74 Å². The number of aromatic hydroxyl groups is 1. The largest absolute Gasteiger partial charge is 0.504 e. The summed E-state index contributed by atoms with van der Waals surface area (Å²) in [5, 5.41) is 17.5. The summed E-state index contributed by atoms with van der Waals surface area (Å²) in [6, 6.07) is 1.86. The van der Waals surface area contributed by atoms with Crippen molar-refractivity contribution in [2.24, 2.45) is 0 Å². The van der Waals surface area contributed by atoms with Crippen LogP contribution in [-0.4, -0.2) is 29.1 Å². The van der Waals surface area contributed by atoms with E-state index in [4.69, 9.17) is 10.2 Å². The van der Waals surface area contributed by atoms with Gasteiger partial charge in [-0.15, -0.1) is 0 Å². The second kappa shape index (κ2) is 3.95. The molecule has 0 fully saturated rings. The maximum Gasteiger partial charge on any atom is 0.377 e. The summed E-state index contributed by atoms with van der Waals surface area (Å²) in [6.45, 7) is 0. The lowest BCUT2D eigenvalue weighted by molar-refractivity contribution is -0.131. The number of halogens is 1. The molecular weight excluding hydrogens is 207 g/mol. The average Bonchev–Trinajstić information content (AvgIpc) is 2.17. The molecule has 0 spiro atoms. The van der Waals surface area contributed by atoms with Gasteiger partial charge in [0.25, 0.3) is 5.78 Å². The normalized spacial score (nSPS) is 9.73. The number of Topliss-reactive ketones (excluding diaryl/α,β-unsaturated/α-hetero) is 1. The molecule has 0 aliphatic rings. The van der Waals surface area contributed by atoms with Gasteiger partial charge in [-0.2, -0.15) is 0 Å². The van der Waals surface area contributed by atoms with Gasteiger partial charge in [-0.3, -0.25) is 4.79 Å². The van der Waals surface area contributed by atoms with Crippen molar-refractivity contribution in [2.75, 3.05) is 7.11 Å². The van der Waals surface area contributed by atoms with Gasteiger partial charge in [0.05, 0.1) is 12.7 Å². The quantitative estimate of drug-likeness (QED) is 0.574. The molecule has 0 aliphatic heterocycles. The molecule has 0 bridgehead atoms. The first-order valence-corrected chi connectivity index (χ1v) is 3.82. The number of phenolic OH excluding ortho intramolecular Hbond substituents is 1. The molecule has 0 radical (unpaired) electrons. The number of hydrogen-bond donors (Lipinski definition) is 2. The molecule has 0 saturated carbocycles. The van der Waals surface area contributed by atoms with E-state index in [-0.39, 0.29) is 0 Å². The van der Waals surface area contributed by atoms with Crippen LogP contribution in [0, 0.1) is 5.82 Å². The van der Waals surface area contributed by atoms with Crippen LogP contribution in [0.4, 0.5) is 4.39 Å². The Morgan fingerprint density at radius 3 is 2.47 bits per heavy atom. The van der Waals surface area contributed by atoms with Gasteiger partial charge in [-0.1, -0.05) is 0 Å². The Morgan fingerprint density at radius 2 is 2.00 bits per heavy atom. The van der Waals surface area contributed by atoms with E-state index in [1.165, 1.54) is 0 Å². The SMILES string of the molecule is COc1c(O)ccc(C(=O)C(=O)O)c1F. The van der Waals surface area contributed by atoms with Gasteiger partial charge in [0, 0.05) is 0 Å². The summed E-state index contributed by atoms with van der Waals surface area (Å²) in [5.41, 5.74) is -0.655. The molecule has 0 amide bonds. The van der Waals surface area contributed by atoms with Crippen molar-refractivity contribution in [1.29, 1.82) is 0 Å². The summed E-state index contributed by atoms with van der Waals surface area (Å²) in [4.78, 5) is 21.3. The van der Waals surface area contributed by atoms with Crippen molar-refractivity contribution in [3.05, 3.63) is 23.5 Å². The van der Waals surface area contributed by atoms with Gasteiger partial charge < -0.3 is 14.9 Å². The van der Waals surface area contributed by atoms with Crippen LogP contribution in [0.25, 0.3) is 0 Å². The first kappa shape index (κ1) is 11.0. The molecule has 6 heteroatoms. The zero-order valence-electron chi connectivity index (χ0n) is 7.65. The minimum atomic E-state index is -1.78. The van der Waals surface area contributed by atoms with Crippen molar-refractivity contribution in [1.82, 2.24) is 0 Å². The number of methoxy groups -OCH3 is 1. The molecule has 0 saturated heterocycles. The molecular formula is C9H7FO5. The van der Waals surface area contributed by atoms with Crippen molar-refractivity contribution in [3.63, 3.8) is 0 Å². The standard InChI is InChI=1S/C9H7FO5/c1-15-8-5(11)3-2-4(6(8)10)7(12)9(13)14/h2-3,11H,1H3,(H,13,14). The van der Waals surface area contributed by atoms with Gasteiger partial charge in [0.1, 0.15) is 0 Å². The fraction of sp³-hybridized carbons (Fsp3) is 0.111. The molecule has 15 heavy (non-hydrogen) atoms. The number of hydrogen-bond acceptors (Lipinski definition) is 4. The number of rotatable bonds is 3. The van der Waals surface area contributed by atoms with Crippen LogP contribution in [0.1, 0.15) is 10.4 Å². The van der Waals surface area contributed by atoms with E-state index in [1.54, 1.807) is 0 Å². The highest BCUT2D eigenvalue weighted by molar-refractivity contribution is 6.40. The number of ether oxygens (including phenoxy) is 1. The van der Waals surface area contributed by atoms with Crippen molar-refractivity contribution < 1.29 is 28.9 Å². The molecule has 0 aliphatic carbocycles. The van der Waals surface area contributed by atoms with Crippen LogP contribution in [0.5, 0.6) is 11.5 Å². The van der Waals surface area contributed by atoms with Crippen LogP contribution in [0.3, 0.4) is 0 Å². The first-order chi connectivity index (χ1) is 6.99. The minimum absolute atomic E-state index is 0.503. The molecule has 0 unspecified atom stereocenters. The van der Waals surface area contributed by atoms with Crippen molar-refractivity contribution in [3.8, 4) is 11.5 Å². The van der Waals surface area contributed by atoms with E-state index in [1.807, 2.05) is 0 Å². The van der Waals surface area contributed by atoms with Gasteiger partial charge in [-0.25, -0.2) is 9.18 Å². The van der Waals surface area contributed by atoms with Crippen molar-refractivity contribution >= 4 is 11.8 Å². The lowest BCUT2D eigenvalue weighted by Gasteiger charge is -2.06. The zero-order chi connectivity index (χ0) is 11.6. The number of carbonyl (C=O) groups excluding carboxylic acids is 1. The highest BCUT2D eigenvalue weighted by Gasteiger charge is 2.23. The molecule has 0 aromatic heterocycles. The van der Waals surface area contributed by atoms with E-state index < -0.39 is 34.6 Å². The Bertz CT molecular complexity index is 427. The third kappa shape index (κ3) is 1.88. The summed E-state index contributed by atoms with van der Waals surface area (Å²) in [5.74, 6) is -5.42. The maximum atomic E-state index is 13.4. The topological polar surface area (TPSA) is 83.8 Å². The summed E-state index contributed by atoms with van der Waals surface area (Å²) >= 11 is 0. The molecule has 1 aromatic carbocycles. The van der Waals surface area contributed by atoms with Crippen LogP contribution in [0.2, 0.25) is 0 Å². The molecule has 2 N–H and O–H groups in total. The predicted octanol–water partition coefficient (Wildman–Crippen LogP) is 0.807. The lowest BCUT2D eigenvalue weighted by Crippen LogP contribution is -2.14. The highest BCUT2D eigenvalue weighted by Crippen LogP contribution is 2.30. The number of ketones is 1. The summed E-state index contributed by atoms with van der Waals surface area (Å²) in [7, 11) is 1.09. The second-order valence-electron chi connectivity index (χ2n) is 2.61. The number of benzene rings is 1. The molecule has 1 rings (SSSR count). The number of carbonyl (C=O) groups is 2. The summed E-state index contributed by atoms with van der Waals surface area (Å²) < 4.78 is 17.9. The maximum absolute atomic E-state index is 13.4. The fourth-order valence-corrected chi connectivity index (χ4v) is 1.03. The Hall–Kier alpha value is -2.11. The molecule has 80 valence electrons. The number of carboxylic acid groups (broad SMARTS) is 1. The number of aliphatic carboxylic acids is 1. The lowest BCUT2D eigenvalue weighted by atomic mass is 10.1. The van der Waals surface area contributed by atoms with E-state index in [9.17, 15) is 14.0 Å². The van der Waals surface area contributed by atoms with Crippen molar-refractivity contribution in [2.45, 2.75) is 0 Å². The Balaban J connectivity index is 3.34. The van der Waals surface area contributed by atoms with Crippen LogP contribution >= 0.6 is 0 Å². The van der Waals surface area contributed by atoms with E-state index in [0.717, 1.165) is 19.2 Å². The van der Waals surface area contributed by atoms with Gasteiger partial charge >= 0.3 is 5.97 Å². The van der Waals surface area contributed by atoms with Gasteiger partial charge in [0.15, 0.2) is 17.3 Å². The number of carboxylic acids is 1.